The van der Waals surface area contributed by atoms with Crippen molar-refractivity contribution in [2.45, 2.75) is 19.4 Å². The molecule has 5 rings (SSSR count). The van der Waals surface area contributed by atoms with Gasteiger partial charge in [0.1, 0.15) is 25.0 Å². The molecule has 168 valence electrons. The number of carbonyl (C=O) groups excluding carboxylic acids is 2. The molecule has 2 aliphatic heterocycles. The molecular weight excluding hydrogens is 424 g/mol. The number of furan rings is 1. The largest absolute Gasteiger partial charge is 0.486 e. The minimum Gasteiger partial charge on any atom is -0.486 e. The summed E-state index contributed by atoms with van der Waals surface area (Å²) in [6, 6.07) is 15.9. The number of hydrazone groups is 1. The molecule has 0 saturated heterocycles. The van der Waals surface area contributed by atoms with E-state index in [1.807, 2.05) is 31.2 Å². The van der Waals surface area contributed by atoms with E-state index in [2.05, 4.69) is 5.10 Å². The number of rotatable bonds is 5. The zero-order valence-corrected chi connectivity index (χ0v) is 18.0. The highest BCUT2D eigenvalue weighted by Gasteiger charge is 2.35. The zero-order chi connectivity index (χ0) is 22.8. The number of carbonyl (C=O) groups is 2. The average Bonchev–Trinajstić information content (AvgIpc) is 3.53. The molecule has 1 amide bonds. The van der Waals surface area contributed by atoms with E-state index < -0.39 is 24.5 Å². The summed E-state index contributed by atoms with van der Waals surface area (Å²) in [7, 11) is 0. The third-order valence-corrected chi connectivity index (χ3v) is 5.53. The molecule has 2 aliphatic rings. The van der Waals surface area contributed by atoms with Gasteiger partial charge in [-0.15, -0.1) is 0 Å². The van der Waals surface area contributed by atoms with E-state index in [1.165, 1.54) is 5.01 Å². The highest BCUT2D eigenvalue weighted by Crippen LogP contribution is 2.34. The van der Waals surface area contributed by atoms with Gasteiger partial charge in [0.2, 0.25) is 0 Å². The van der Waals surface area contributed by atoms with Crippen molar-refractivity contribution in [3.05, 3.63) is 83.3 Å². The number of amides is 1. The number of hydrogen-bond acceptors (Lipinski definition) is 7. The van der Waals surface area contributed by atoms with E-state index in [1.54, 1.807) is 36.6 Å². The van der Waals surface area contributed by atoms with E-state index in [-0.39, 0.29) is 5.56 Å². The van der Waals surface area contributed by atoms with Crippen LogP contribution in [0, 0.1) is 6.92 Å². The fourth-order valence-electron chi connectivity index (χ4n) is 3.81. The standard InChI is InChI=1S/C25H22N2O6/c1-16-4-6-17(7-5-16)19-14-20(21-3-2-10-30-21)27(26-19)24(28)15-33-25(29)18-8-9-22-23(13-18)32-12-11-31-22/h2-10,13,20H,11-12,14-15H2,1H3. The second-order valence-electron chi connectivity index (χ2n) is 7.82. The van der Waals surface area contributed by atoms with Crippen molar-refractivity contribution in [1.82, 2.24) is 5.01 Å². The van der Waals surface area contributed by atoms with E-state index in [9.17, 15) is 9.59 Å². The monoisotopic (exact) mass is 446 g/mol. The predicted molar refractivity (Wildman–Crippen MR) is 118 cm³/mol. The molecule has 8 nitrogen and oxygen atoms in total. The first-order valence-electron chi connectivity index (χ1n) is 10.7. The molecule has 1 unspecified atom stereocenters. The number of esters is 1. The van der Waals surface area contributed by atoms with Gasteiger partial charge < -0.3 is 18.6 Å². The van der Waals surface area contributed by atoms with E-state index in [0.29, 0.717) is 36.9 Å². The summed E-state index contributed by atoms with van der Waals surface area (Å²) < 4.78 is 21.8. The Kier molecular flexibility index (Phi) is 5.56. The molecule has 3 aromatic rings. The summed E-state index contributed by atoms with van der Waals surface area (Å²) in [6.07, 6.45) is 2.06. The van der Waals surface area contributed by atoms with Gasteiger partial charge in [0.05, 0.1) is 17.5 Å². The number of ether oxygens (including phenoxy) is 3. The normalized spacial score (nSPS) is 16.9. The molecule has 2 aromatic carbocycles. The molecular formula is C25H22N2O6. The topological polar surface area (TPSA) is 90.6 Å². The third kappa shape index (κ3) is 4.32. The Bertz CT molecular complexity index is 1200. The van der Waals surface area contributed by atoms with Gasteiger partial charge in [-0.1, -0.05) is 29.8 Å². The van der Waals surface area contributed by atoms with E-state index >= 15 is 0 Å². The van der Waals surface area contributed by atoms with Crippen LogP contribution in [-0.2, 0) is 9.53 Å². The maximum atomic E-state index is 13.0. The van der Waals surface area contributed by atoms with Gasteiger partial charge in [0.15, 0.2) is 18.1 Å². The summed E-state index contributed by atoms with van der Waals surface area (Å²) in [4.78, 5) is 25.5. The molecule has 1 atom stereocenters. The quantitative estimate of drug-likeness (QED) is 0.552. The first-order chi connectivity index (χ1) is 16.1. The van der Waals surface area contributed by atoms with Gasteiger partial charge in [0, 0.05) is 6.42 Å². The number of fused-ring (bicyclic) bond motifs is 1. The van der Waals surface area contributed by atoms with Gasteiger partial charge in [-0.3, -0.25) is 4.79 Å². The van der Waals surface area contributed by atoms with Crippen LogP contribution in [-0.4, -0.2) is 42.4 Å². The molecule has 0 spiro atoms. The van der Waals surface area contributed by atoms with Crippen LogP contribution < -0.4 is 9.47 Å². The van der Waals surface area contributed by atoms with Gasteiger partial charge in [-0.2, -0.15) is 5.10 Å². The van der Waals surface area contributed by atoms with Crippen LogP contribution in [0.15, 0.2) is 70.4 Å². The van der Waals surface area contributed by atoms with Crippen LogP contribution in [0.2, 0.25) is 0 Å². The SMILES string of the molecule is Cc1ccc(C2=NN(C(=O)COC(=O)c3ccc4c(c3)OCCO4)C(c3ccco3)C2)cc1. The summed E-state index contributed by atoms with van der Waals surface area (Å²) in [5.41, 5.74) is 3.11. The van der Waals surface area contributed by atoms with Crippen molar-refractivity contribution in [2.24, 2.45) is 5.10 Å². The van der Waals surface area contributed by atoms with Crippen molar-refractivity contribution in [2.75, 3.05) is 19.8 Å². The first-order valence-corrected chi connectivity index (χ1v) is 10.7. The molecule has 0 radical (unpaired) electrons. The van der Waals surface area contributed by atoms with Crippen molar-refractivity contribution in [3.8, 4) is 11.5 Å². The minimum atomic E-state index is -0.628. The van der Waals surface area contributed by atoms with E-state index in [0.717, 1.165) is 16.8 Å². The Morgan fingerprint density at radius 2 is 1.85 bits per heavy atom. The number of hydrogen-bond donors (Lipinski definition) is 0. The molecule has 0 fully saturated rings. The Morgan fingerprint density at radius 3 is 2.61 bits per heavy atom. The molecule has 0 N–H and O–H groups in total. The van der Waals surface area contributed by atoms with Gasteiger partial charge in [-0.05, 0) is 42.8 Å². The minimum absolute atomic E-state index is 0.278. The molecule has 33 heavy (non-hydrogen) atoms. The Labute approximate surface area is 190 Å². The van der Waals surface area contributed by atoms with Gasteiger partial charge >= 0.3 is 5.97 Å². The molecule has 0 saturated carbocycles. The second kappa shape index (κ2) is 8.82. The molecule has 0 bridgehead atoms. The smallest absolute Gasteiger partial charge is 0.338 e. The maximum Gasteiger partial charge on any atom is 0.338 e. The lowest BCUT2D eigenvalue weighted by molar-refractivity contribution is -0.136. The first kappa shape index (κ1) is 20.8. The van der Waals surface area contributed by atoms with Crippen LogP contribution in [0.3, 0.4) is 0 Å². The highest BCUT2D eigenvalue weighted by molar-refractivity contribution is 6.03. The Morgan fingerprint density at radius 1 is 1.06 bits per heavy atom. The van der Waals surface area contributed by atoms with Crippen LogP contribution in [0.5, 0.6) is 11.5 Å². The van der Waals surface area contributed by atoms with Crippen molar-refractivity contribution in [3.63, 3.8) is 0 Å². The highest BCUT2D eigenvalue weighted by atomic mass is 16.6. The average molecular weight is 446 g/mol. The third-order valence-electron chi connectivity index (χ3n) is 5.53. The lowest BCUT2D eigenvalue weighted by Crippen LogP contribution is -2.31. The number of benzene rings is 2. The lowest BCUT2D eigenvalue weighted by atomic mass is 10.0. The lowest BCUT2D eigenvalue weighted by Gasteiger charge is -2.20. The molecule has 3 heterocycles. The molecule has 1 aromatic heterocycles. The molecule has 8 heteroatoms. The van der Waals surface area contributed by atoms with Crippen molar-refractivity contribution >= 4 is 17.6 Å². The predicted octanol–water partition coefficient (Wildman–Crippen LogP) is 3.89. The maximum absolute atomic E-state index is 13.0. The summed E-state index contributed by atoms with van der Waals surface area (Å²) >= 11 is 0. The van der Waals surface area contributed by atoms with Gasteiger partial charge in [0.25, 0.3) is 5.91 Å². The fourth-order valence-corrected chi connectivity index (χ4v) is 3.81. The van der Waals surface area contributed by atoms with Gasteiger partial charge in [-0.25, -0.2) is 9.80 Å². The fraction of sp³-hybridized carbons (Fsp3) is 0.240. The van der Waals surface area contributed by atoms with Crippen molar-refractivity contribution < 1.29 is 28.2 Å². The number of aryl methyl sites for hydroxylation is 1. The van der Waals surface area contributed by atoms with Crippen molar-refractivity contribution in [1.29, 1.82) is 0 Å². The summed E-state index contributed by atoms with van der Waals surface area (Å²) in [6.45, 7) is 2.43. The van der Waals surface area contributed by atoms with Crippen LogP contribution in [0.4, 0.5) is 0 Å². The molecule has 0 aliphatic carbocycles. The summed E-state index contributed by atoms with van der Waals surface area (Å²) in [5, 5.41) is 5.88. The van der Waals surface area contributed by atoms with E-state index in [4.69, 9.17) is 18.6 Å². The number of nitrogens with zero attached hydrogens (tertiary/aromatic N) is 2. The summed E-state index contributed by atoms with van der Waals surface area (Å²) in [5.74, 6) is 0.602. The Balaban J connectivity index is 1.31. The van der Waals surface area contributed by atoms with Crippen LogP contribution >= 0.6 is 0 Å². The van der Waals surface area contributed by atoms with Crippen LogP contribution in [0.25, 0.3) is 0 Å². The second-order valence-corrected chi connectivity index (χ2v) is 7.82. The zero-order valence-electron chi connectivity index (χ0n) is 18.0. The van der Waals surface area contributed by atoms with Crippen LogP contribution in [0.1, 0.15) is 39.7 Å². The Hall–Kier alpha value is -4.07.